The van der Waals surface area contributed by atoms with Crippen LogP contribution in [0.2, 0.25) is 0 Å². The Morgan fingerprint density at radius 1 is 1.15 bits per heavy atom. The molecule has 6 heteroatoms. The maximum Gasteiger partial charge on any atom is 0.277 e. The zero-order valence-corrected chi connectivity index (χ0v) is 12.0. The van der Waals surface area contributed by atoms with Crippen molar-refractivity contribution in [1.29, 1.82) is 0 Å². The predicted octanol–water partition coefficient (Wildman–Crippen LogP) is 2.18. The van der Waals surface area contributed by atoms with Crippen molar-refractivity contribution in [2.75, 3.05) is 5.73 Å². The Balaban J connectivity index is 2.10. The monoisotopic (exact) mass is 330 g/mol. The molecule has 2 N–H and O–H groups in total. The number of benzene rings is 2. The first-order chi connectivity index (χ1) is 9.66. The van der Waals surface area contributed by atoms with E-state index in [1.807, 2.05) is 24.3 Å². The van der Waals surface area contributed by atoms with Gasteiger partial charge in [-0.3, -0.25) is 4.79 Å². The van der Waals surface area contributed by atoms with Gasteiger partial charge in [-0.25, -0.2) is 4.68 Å². The number of nitrogen functional groups attached to an aromatic ring is 1. The lowest BCUT2D eigenvalue weighted by Crippen LogP contribution is -2.25. The van der Waals surface area contributed by atoms with E-state index >= 15 is 0 Å². The lowest BCUT2D eigenvalue weighted by Gasteiger charge is -2.08. The third-order valence-electron chi connectivity index (χ3n) is 3.06. The molecule has 0 atom stereocenters. The predicted molar refractivity (Wildman–Crippen MR) is 81.5 cm³/mol. The second kappa shape index (κ2) is 5.05. The van der Waals surface area contributed by atoms with Gasteiger partial charge in [-0.1, -0.05) is 29.5 Å². The SMILES string of the molecule is Nc1cccc(Cn2nnc3ccccc3c2=O)c1Br. The Morgan fingerprint density at radius 2 is 1.95 bits per heavy atom. The summed E-state index contributed by atoms with van der Waals surface area (Å²) in [6.45, 7) is 0.322. The Hall–Kier alpha value is -2.21. The zero-order chi connectivity index (χ0) is 14.1. The molecule has 0 aliphatic carbocycles. The van der Waals surface area contributed by atoms with E-state index in [0.717, 1.165) is 10.0 Å². The summed E-state index contributed by atoms with van der Waals surface area (Å²) in [4.78, 5) is 12.3. The summed E-state index contributed by atoms with van der Waals surface area (Å²) in [5, 5.41) is 8.58. The van der Waals surface area contributed by atoms with Gasteiger partial charge < -0.3 is 5.73 Å². The second-order valence-corrected chi connectivity index (χ2v) is 5.18. The van der Waals surface area contributed by atoms with Gasteiger partial charge in [0.05, 0.1) is 11.9 Å². The molecular formula is C14H11BrN4O. The van der Waals surface area contributed by atoms with Crippen LogP contribution in [0, 0.1) is 0 Å². The van der Waals surface area contributed by atoms with E-state index in [9.17, 15) is 4.79 Å². The summed E-state index contributed by atoms with van der Waals surface area (Å²) in [6, 6.07) is 12.7. The molecule has 0 bridgehead atoms. The van der Waals surface area contributed by atoms with Crippen LogP contribution in [0.5, 0.6) is 0 Å². The fourth-order valence-corrected chi connectivity index (χ4v) is 2.40. The van der Waals surface area contributed by atoms with Gasteiger partial charge in [0.2, 0.25) is 0 Å². The van der Waals surface area contributed by atoms with Gasteiger partial charge in [-0.2, -0.15) is 0 Å². The van der Waals surface area contributed by atoms with Gasteiger partial charge in [0.1, 0.15) is 5.52 Å². The van der Waals surface area contributed by atoms with Crippen LogP contribution >= 0.6 is 15.9 Å². The highest BCUT2D eigenvalue weighted by Crippen LogP contribution is 2.24. The van der Waals surface area contributed by atoms with Gasteiger partial charge in [-0.15, -0.1) is 5.10 Å². The molecule has 20 heavy (non-hydrogen) atoms. The Kier molecular flexibility index (Phi) is 3.23. The summed E-state index contributed by atoms with van der Waals surface area (Å²) >= 11 is 3.42. The zero-order valence-electron chi connectivity index (χ0n) is 10.5. The minimum absolute atomic E-state index is 0.162. The Labute approximate surface area is 123 Å². The van der Waals surface area contributed by atoms with Crippen LogP contribution < -0.4 is 11.3 Å². The van der Waals surface area contributed by atoms with E-state index in [0.29, 0.717) is 23.1 Å². The Morgan fingerprint density at radius 3 is 2.80 bits per heavy atom. The highest BCUT2D eigenvalue weighted by molar-refractivity contribution is 9.10. The smallest absolute Gasteiger partial charge is 0.277 e. The molecule has 1 aromatic heterocycles. The van der Waals surface area contributed by atoms with Gasteiger partial charge in [0, 0.05) is 10.2 Å². The van der Waals surface area contributed by atoms with Crippen LogP contribution in [0.3, 0.4) is 0 Å². The summed E-state index contributed by atoms with van der Waals surface area (Å²) in [7, 11) is 0. The molecule has 5 nitrogen and oxygen atoms in total. The molecule has 0 radical (unpaired) electrons. The van der Waals surface area contributed by atoms with Crippen LogP contribution in [-0.2, 0) is 6.54 Å². The van der Waals surface area contributed by atoms with Gasteiger partial charge in [0.15, 0.2) is 0 Å². The van der Waals surface area contributed by atoms with Crippen molar-refractivity contribution in [2.45, 2.75) is 6.54 Å². The quantitative estimate of drug-likeness (QED) is 0.731. The fourth-order valence-electron chi connectivity index (χ4n) is 2.01. The summed E-state index contributed by atoms with van der Waals surface area (Å²) in [5.74, 6) is 0. The number of aromatic nitrogens is 3. The Bertz CT molecular complexity index is 844. The normalized spacial score (nSPS) is 10.8. The lowest BCUT2D eigenvalue weighted by atomic mass is 10.2. The molecule has 2 aromatic carbocycles. The van der Waals surface area contributed by atoms with E-state index in [1.165, 1.54) is 4.68 Å². The van der Waals surface area contributed by atoms with Crippen molar-refractivity contribution in [3.8, 4) is 0 Å². The average molecular weight is 331 g/mol. The van der Waals surface area contributed by atoms with E-state index in [-0.39, 0.29) is 5.56 Å². The number of nitrogens with zero attached hydrogens (tertiary/aromatic N) is 3. The number of nitrogens with two attached hydrogens (primary N) is 1. The minimum Gasteiger partial charge on any atom is -0.398 e. The molecule has 3 rings (SSSR count). The first-order valence-corrected chi connectivity index (χ1v) is 6.81. The van der Waals surface area contributed by atoms with Crippen LogP contribution in [0.4, 0.5) is 5.69 Å². The number of halogens is 1. The van der Waals surface area contributed by atoms with E-state index in [2.05, 4.69) is 26.2 Å². The summed E-state index contributed by atoms with van der Waals surface area (Å²) in [6.07, 6.45) is 0. The molecule has 0 aliphatic rings. The molecule has 0 spiro atoms. The molecule has 0 fully saturated rings. The molecule has 0 saturated heterocycles. The molecule has 1 heterocycles. The highest BCUT2D eigenvalue weighted by atomic mass is 79.9. The number of hydrogen-bond acceptors (Lipinski definition) is 4. The second-order valence-electron chi connectivity index (χ2n) is 4.39. The molecular weight excluding hydrogens is 320 g/mol. The van der Waals surface area contributed by atoms with Crippen LogP contribution in [0.15, 0.2) is 51.7 Å². The topological polar surface area (TPSA) is 73.8 Å². The summed E-state index contributed by atoms with van der Waals surface area (Å²) in [5.41, 5.74) is 7.78. The molecule has 3 aromatic rings. The minimum atomic E-state index is -0.162. The number of rotatable bonds is 2. The van der Waals surface area contributed by atoms with Crippen molar-refractivity contribution in [3.05, 3.63) is 62.9 Å². The van der Waals surface area contributed by atoms with Gasteiger partial charge >= 0.3 is 0 Å². The van der Waals surface area contributed by atoms with Crippen molar-refractivity contribution < 1.29 is 0 Å². The van der Waals surface area contributed by atoms with E-state index in [4.69, 9.17) is 5.73 Å². The van der Waals surface area contributed by atoms with Gasteiger partial charge in [0.25, 0.3) is 5.56 Å². The van der Waals surface area contributed by atoms with E-state index < -0.39 is 0 Å². The average Bonchev–Trinajstić information content (AvgIpc) is 2.47. The van der Waals surface area contributed by atoms with Crippen molar-refractivity contribution >= 4 is 32.5 Å². The van der Waals surface area contributed by atoms with Crippen LogP contribution in [-0.4, -0.2) is 15.0 Å². The van der Waals surface area contributed by atoms with Crippen molar-refractivity contribution in [3.63, 3.8) is 0 Å². The molecule has 0 saturated carbocycles. The van der Waals surface area contributed by atoms with Crippen LogP contribution in [0.25, 0.3) is 10.9 Å². The standard InChI is InChI=1S/C14H11BrN4O/c15-13-9(4-3-6-11(13)16)8-19-14(20)10-5-1-2-7-12(10)17-18-19/h1-7H,8,16H2. The number of hydrogen-bond donors (Lipinski definition) is 1. The lowest BCUT2D eigenvalue weighted by molar-refractivity contribution is 0.599. The largest absolute Gasteiger partial charge is 0.398 e. The van der Waals surface area contributed by atoms with Crippen molar-refractivity contribution in [1.82, 2.24) is 15.0 Å². The third kappa shape index (κ3) is 2.18. The maximum absolute atomic E-state index is 12.3. The van der Waals surface area contributed by atoms with Crippen molar-refractivity contribution in [2.24, 2.45) is 0 Å². The van der Waals surface area contributed by atoms with Gasteiger partial charge in [-0.05, 0) is 39.7 Å². The molecule has 100 valence electrons. The third-order valence-corrected chi connectivity index (χ3v) is 4.03. The maximum atomic E-state index is 12.3. The first kappa shape index (κ1) is 12.8. The molecule has 0 unspecified atom stereocenters. The summed E-state index contributed by atoms with van der Waals surface area (Å²) < 4.78 is 2.11. The highest BCUT2D eigenvalue weighted by Gasteiger charge is 2.08. The number of anilines is 1. The fraction of sp³-hybridized carbons (Fsp3) is 0.0714. The first-order valence-electron chi connectivity index (χ1n) is 6.02. The number of fused-ring (bicyclic) bond motifs is 1. The molecule has 0 amide bonds. The van der Waals surface area contributed by atoms with Crippen LogP contribution in [0.1, 0.15) is 5.56 Å². The van der Waals surface area contributed by atoms with E-state index in [1.54, 1.807) is 18.2 Å². The molecule has 0 aliphatic heterocycles.